The summed E-state index contributed by atoms with van der Waals surface area (Å²) in [4.78, 5) is 29.8. The summed E-state index contributed by atoms with van der Waals surface area (Å²) in [5.74, 6) is -1.60. The minimum Gasteiger partial charge on any atom is -0.323 e. The van der Waals surface area contributed by atoms with Gasteiger partial charge in [-0.25, -0.2) is 13.8 Å². The van der Waals surface area contributed by atoms with Crippen LogP contribution in [0.2, 0.25) is 0 Å². The number of anilines is 2. The smallest absolute Gasteiger partial charge is 0.291 e. The molecule has 2 amide bonds. The fourth-order valence-corrected chi connectivity index (χ4v) is 3.34. The Morgan fingerprint density at radius 1 is 0.828 bits per heavy atom. The Morgan fingerprint density at radius 2 is 1.38 bits per heavy atom. The van der Waals surface area contributed by atoms with Gasteiger partial charge in [0, 0.05) is 17.9 Å². The maximum Gasteiger partial charge on any atom is 0.291 e. The van der Waals surface area contributed by atoms with Crippen molar-refractivity contribution in [2.45, 2.75) is 25.8 Å². The largest absolute Gasteiger partial charge is 0.323 e. The fraction of sp³-hybridized carbons (Fsp3) is 0.190. The molecule has 0 aliphatic carbocycles. The van der Waals surface area contributed by atoms with E-state index in [0.29, 0.717) is 30.0 Å². The SMILES string of the molecule is O=C(Nc1ccc(F)cc1)c1nc(C(=O)Nc2ccc(F)cc2)n2c1CCCC2. The molecule has 0 unspecified atom stereocenters. The van der Waals surface area contributed by atoms with Crippen LogP contribution in [-0.2, 0) is 13.0 Å². The number of aromatic nitrogens is 2. The first kappa shape index (κ1) is 18.8. The monoisotopic (exact) mass is 396 g/mol. The summed E-state index contributed by atoms with van der Waals surface area (Å²) in [6.45, 7) is 0.582. The first-order chi connectivity index (χ1) is 14.0. The first-order valence-electron chi connectivity index (χ1n) is 9.24. The number of carbonyl (C=O) groups is 2. The zero-order valence-electron chi connectivity index (χ0n) is 15.4. The highest BCUT2D eigenvalue weighted by atomic mass is 19.1. The standard InChI is InChI=1S/C21H18F2N4O2/c22-13-4-8-15(9-5-13)24-20(28)18-17-3-1-2-12-27(17)19(26-18)21(29)25-16-10-6-14(23)7-11-16/h4-11H,1-3,12H2,(H,24,28)(H,25,29). The number of nitrogens with zero attached hydrogens (tertiary/aromatic N) is 2. The van der Waals surface area contributed by atoms with Crippen LogP contribution >= 0.6 is 0 Å². The number of hydrogen-bond acceptors (Lipinski definition) is 3. The maximum atomic E-state index is 13.1. The summed E-state index contributed by atoms with van der Waals surface area (Å²) in [7, 11) is 0. The molecule has 0 fully saturated rings. The summed E-state index contributed by atoms with van der Waals surface area (Å²) in [6.07, 6.45) is 2.39. The number of imidazole rings is 1. The van der Waals surface area contributed by atoms with Gasteiger partial charge in [0.25, 0.3) is 11.8 Å². The van der Waals surface area contributed by atoms with Crippen molar-refractivity contribution in [1.82, 2.24) is 9.55 Å². The van der Waals surface area contributed by atoms with Gasteiger partial charge in [-0.2, -0.15) is 0 Å². The molecule has 29 heavy (non-hydrogen) atoms. The third-order valence-corrected chi connectivity index (χ3v) is 4.74. The molecule has 1 aliphatic heterocycles. The minimum absolute atomic E-state index is 0.133. The number of rotatable bonds is 4. The lowest BCUT2D eigenvalue weighted by atomic mass is 10.1. The molecule has 0 saturated heterocycles. The topological polar surface area (TPSA) is 76.0 Å². The molecule has 8 heteroatoms. The number of carbonyl (C=O) groups excluding carboxylic acids is 2. The maximum absolute atomic E-state index is 13.1. The van der Waals surface area contributed by atoms with Crippen molar-refractivity contribution in [3.05, 3.63) is 77.4 Å². The molecule has 0 bridgehead atoms. The molecule has 2 heterocycles. The Labute approximate surface area is 165 Å². The molecule has 0 atom stereocenters. The number of halogens is 2. The molecule has 2 aromatic carbocycles. The van der Waals surface area contributed by atoms with E-state index in [1.165, 1.54) is 48.5 Å². The van der Waals surface area contributed by atoms with Gasteiger partial charge in [-0.3, -0.25) is 9.59 Å². The highest BCUT2D eigenvalue weighted by Crippen LogP contribution is 2.23. The van der Waals surface area contributed by atoms with Crippen LogP contribution in [0.5, 0.6) is 0 Å². The van der Waals surface area contributed by atoms with E-state index in [4.69, 9.17) is 0 Å². The fourth-order valence-electron chi connectivity index (χ4n) is 3.34. The van der Waals surface area contributed by atoms with E-state index in [1.54, 1.807) is 4.57 Å². The molecule has 4 rings (SSSR count). The Kier molecular flexibility index (Phi) is 5.07. The average molecular weight is 396 g/mol. The number of nitrogens with one attached hydrogen (secondary N) is 2. The third-order valence-electron chi connectivity index (χ3n) is 4.74. The summed E-state index contributed by atoms with van der Waals surface area (Å²) in [5.41, 5.74) is 1.74. The van der Waals surface area contributed by atoms with E-state index >= 15 is 0 Å². The summed E-state index contributed by atoms with van der Waals surface area (Å²) >= 11 is 0. The van der Waals surface area contributed by atoms with Gasteiger partial charge < -0.3 is 15.2 Å². The normalized spacial score (nSPS) is 12.9. The van der Waals surface area contributed by atoms with Crippen LogP contribution in [0.25, 0.3) is 0 Å². The number of amides is 2. The lowest BCUT2D eigenvalue weighted by molar-refractivity contribution is 0.101. The zero-order valence-corrected chi connectivity index (χ0v) is 15.4. The van der Waals surface area contributed by atoms with Gasteiger partial charge >= 0.3 is 0 Å². The van der Waals surface area contributed by atoms with Crippen LogP contribution in [0.1, 0.15) is 39.6 Å². The zero-order chi connectivity index (χ0) is 20.4. The molecule has 148 valence electrons. The predicted octanol–water partition coefficient (Wildman–Crippen LogP) is 4.00. The average Bonchev–Trinajstić information content (AvgIpc) is 3.11. The molecule has 1 aliphatic rings. The second-order valence-electron chi connectivity index (χ2n) is 6.76. The number of fused-ring (bicyclic) bond motifs is 1. The molecular formula is C21H18F2N4O2. The van der Waals surface area contributed by atoms with Gasteiger partial charge in [-0.1, -0.05) is 0 Å². The van der Waals surface area contributed by atoms with E-state index in [-0.39, 0.29) is 11.5 Å². The summed E-state index contributed by atoms with van der Waals surface area (Å²) in [6, 6.07) is 10.8. The Hall–Kier alpha value is -3.55. The van der Waals surface area contributed by atoms with Crippen molar-refractivity contribution in [3.8, 4) is 0 Å². The Balaban J connectivity index is 1.61. The highest BCUT2D eigenvalue weighted by molar-refractivity contribution is 6.07. The lowest BCUT2D eigenvalue weighted by Crippen LogP contribution is -2.21. The molecule has 6 nitrogen and oxygen atoms in total. The van der Waals surface area contributed by atoms with Gasteiger partial charge in [0.1, 0.15) is 11.6 Å². The van der Waals surface area contributed by atoms with Gasteiger partial charge in [-0.05, 0) is 67.8 Å². The van der Waals surface area contributed by atoms with Crippen molar-refractivity contribution in [1.29, 1.82) is 0 Å². The predicted molar refractivity (Wildman–Crippen MR) is 104 cm³/mol. The quantitative estimate of drug-likeness (QED) is 0.700. The molecule has 2 N–H and O–H groups in total. The van der Waals surface area contributed by atoms with Gasteiger partial charge in [0.15, 0.2) is 11.5 Å². The molecule has 0 spiro atoms. The van der Waals surface area contributed by atoms with Crippen LogP contribution in [-0.4, -0.2) is 21.4 Å². The highest BCUT2D eigenvalue weighted by Gasteiger charge is 2.27. The van der Waals surface area contributed by atoms with Crippen molar-refractivity contribution >= 4 is 23.2 Å². The lowest BCUT2D eigenvalue weighted by Gasteiger charge is -2.17. The first-order valence-corrected chi connectivity index (χ1v) is 9.24. The summed E-state index contributed by atoms with van der Waals surface area (Å²) < 4.78 is 27.9. The van der Waals surface area contributed by atoms with Crippen LogP contribution < -0.4 is 10.6 Å². The van der Waals surface area contributed by atoms with E-state index in [9.17, 15) is 18.4 Å². The molecule has 0 radical (unpaired) electrons. The summed E-state index contributed by atoms with van der Waals surface area (Å²) in [5, 5.41) is 5.37. The second-order valence-corrected chi connectivity index (χ2v) is 6.76. The molecule has 1 aromatic heterocycles. The van der Waals surface area contributed by atoms with Crippen LogP contribution in [0.15, 0.2) is 48.5 Å². The van der Waals surface area contributed by atoms with E-state index in [1.807, 2.05) is 0 Å². The van der Waals surface area contributed by atoms with Crippen LogP contribution in [0.4, 0.5) is 20.2 Å². The third kappa shape index (κ3) is 4.01. The Morgan fingerprint density at radius 3 is 1.97 bits per heavy atom. The molecule has 3 aromatic rings. The van der Waals surface area contributed by atoms with E-state index < -0.39 is 23.4 Å². The molecular weight excluding hydrogens is 378 g/mol. The van der Waals surface area contributed by atoms with E-state index in [0.717, 1.165) is 12.8 Å². The van der Waals surface area contributed by atoms with Gasteiger partial charge in [-0.15, -0.1) is 0 Å². The van der Waals surface area contributed by atoms with Gasteiger partial charge in [0.05, 0.1) is 5.69 Å². The van der Waals surface area contributed by atoms with Crippen LogP contribution in [0.3, 0.4) is 0 Å². The van der Waals surface area contributed by atoms with E-state index in [2.05, 4.69) is 15.6 Å². The van der Waals surface area contributed by atoms with Crippen molar-refractivity contribution in [2.75, 3.05) is 10.6 Å². The van der Waals surface area contributed by atoms with Crippen molar-refractivity contribution < 1.29 is 18.4 Å². The number of hydrogen-bond donors (Lipinski definition) is 2. The van der Waals surface area contributed by atoms with Crippen molar-refractivity contribution in [3.63, 3.8) is 0 Å². The van der Waals surface area contributed by atoms with Crippen molar-refractivity contribution in [2.24, 2.45) is 0 Å². The van der Waals surface area contributed by atoms with Crippen LogP contribution in [0, 0.1) is 11.6 Å². The number of benzene rings is 2. The molecule has 0 saturated carbocycles. The minimum atomic E-state index is -0.472. The second kappa shape index (κ2) is 7.83. The van der Waals surface area contributed by atoms with Gasteiger partial charge in [0.2, 0.25) is 0 Å². The Bertz CT molecular complexity index is 976.